The maximum absolute atomic E-state index is 11.8. The number of hydrogen-bond acceptors (Lipinski definition) is 3. The molecule has 0 radical (unpaired) electrons. The fourth-order valence-electron chi connectivity index (χ4n) is 2.45. The van der Waals surface area contributed by atoms with Crippen molar-refractivity contribution in [2.75, 3.05) is 11.9 Å². The molecule has 2 unspecified atom stereocenters. The first kappa shape index (κ1) is 14.0. The molecular weight excluding hydrogens is 240 g/mol. The normalized spacial score (nSPS) is 23.1. The zero-order valence-corrected chi connectivity index (χ0v) is 11.4. The van der Waals surface area contributed by atoms with Crippen LogP contribution < -0.4 is 11.1 Å². The Morgan fingerprint density at radius 3 is 3.05 bits per heavy atom. The Morgan fingerprint density at radius 1 is 1.47 bits per heavy atom. The molecule has 1 saturated carbocycles. The molecule has 1 aromatic carbocycles. The zero-order chi connectivity index (χ0) is 13.7. The number of amides is 1. The molecule has 2 rings (SSSR count). The third kappa shape index (κ3) is 4.65. The molecule has 0 aromatic heterocycles. The van der Waals surface area contributed by atoms with Gasteiger partial charge in [0.25, 0.3) is 0 Å². The van der Waals surface area contributed by atoms with Gasteiger partial charge in [-0.25, -0.2) is 0 Å². The van der Waals surface area contributed by atoms with Crippen LogP contribution in [0.1, 0.15) is 31.2 Å². The molecular formula is C15H22N2O2. The molecule has 19 heavy (non-hydrogen) atoms. The zero-order valence-electron chi connectivity index (χ0n) is 11.4. The summed E-state index contributed by atoms with van der Waals surface area (Å²) in [7, 11) is 0. The summed E-state index contributed by atoms with van der Waals surface area (Å²) in [6.07, 6.45) is 4.15. The molecule has 0 aliphatic heterocycles. The Balaban J connectivity index is 1.75. The van der Waals surface area contributed by atoms with E-state index in [4.69, 9.17) is 10.5 Å². The van der Waals surface area contributed by atoms with E-state index in [0.29, 0.717) is 0 Å². The van der Waals surface area contributed by atoms with Gasteiger partial charge in [-0.2, -0.15) is 0 Å². The average molecular weight is 262 g/mol. The molecule has 1 aliphatic rings. The van der Waals surface area contributed by atoms with E-state index in [1.54, 1.807) is 0 Å². The quantitative estimate of drug-likeness (QED) is 0.874. The third-order valence-electron chi connectivity index (χ3n) is 3.42. The molecule has 0 heterocycles. The molecule has 1 amide bonds. The van der Waals surface area contributed by atoms with Crippen LogP contribution in [-0.2, 0) is 9.53 Å². The Kier molecular flexibility index (Phi) is 4.93. The number of aryl methyl sites for hydroxylation is 1. The van der Waals surface area contributed by atoms with Crippen LogP contribution in [0.2, 0.25) is 0 Å². The van der Waals surface area contributed by atoms with E-state index in [0.717, 1.165) is 36.9 Å². The number of carbonyl (C=O) groups is 1. The lowest BCUT2D eigenvalue weighted by atomic mass is 9.94. The van der Waals surface area contributed by atoms with Gasteiger partial charge >= 0.3 is 0 Å². The molecule has 1 fully saturated rings. The summed E-state index contributed by atoms with van der Waals surface area (Å²) in [6, 6.07) is 7.95. The van der Waals surface area contributed by atoms with Crippen molar-refractivity contribution in [1.29, 1.82) is 0 Å². The number of nitrogens with one attached hydrogen (secondary N) is 1. The predicted molar refractivity (Wildman–Crippen MR) is 76.0 cm³/mol. The summed E-state index contributed by atoms with van der Waals surface area (Å²) >= 11 is 0. The van der Waals surface area contributed by atoms with Gasteiger partial charge in [0.05, 0.1) is 6.10 Å². The number of nitrogens with two attached hydrogens (primary N) is 1. The second-order valence-corrected chi connectivity index (χ2v) is 5.28. The van der Waals surface area contributed by atoms with Gasteiger partial charge in [-0.15, -0.1) is 0 Å². The predicted octanol–water partition coefficient (Wildman–Crippen LogP) is 2.22. The maximum Gasteiger partial charge on any atom is 0.250 e. The van der Waals surface area contributed by atoms with Crippen molar-refractivity contribution >= 4 is 11.6 Å². The molecule has 0 bridgehead atoms. The van der Waals surface area contributed by atoms with Gasteiger partial charge in [0.1, 0.15) is 6.61 Å². The first-order valence-electron chi connectivity index (χ1n) is 6.87. The SMILES string of the molecule is Cc1cccc(NC(=O)COC2CCCC(N)C2)c1. The molecule has 104 valence electrons. The fraction of sp³-hybridized carbons (Fsp3) is 0.533. The van der Waals surface area contributed by atoms with E-state index in [9.17, 15) is 4.79 Å². The van der Waals surface area contributed by atoms with Crippen LogP contribution in [0, 0.1) is 6.92 Å². The Labute approximate surface area is 114 Å². The molecule has 0 spiro atoms. The van der Waals surface area contributed by atoms with Crippen molar-refractivity contribution < 1.29 is 9.53 Å². The van der Waals surface area contributed by atoms with E-state index < -0.39 is 0 Å². The summed E-state index contributed by atoms with van der Waals surface area (Å²) < 4.78 is 5.63. The number of carbonyl (C=O) groups excluding carboxylic acids is 1. The molecule has 4 heteroatoms. The molecule has 1 aliphatic carbocycles. The highest BCUT2D eigenvalue weighted by Gasteiger charge is 2.20. The lowest BCUT2D eigenvalue weighted by molar-refractivity contribution is -0.123. The van der Waals surface area contributed by atoms with E-state index in [1.807, 2.05) is 31.2 Å². The van der Waals surface area contributed by atoms with Crippen LogP contribution >= 0.6 is 0 Å². The van der Waals surface area contributed by atoms with Crippen molar-refractivity contribution in [3.63, 3.8) is 0 Å². The van der Waals surface area contributed by atoms with E-state index >= 15 is 0 Å². The van der Waals surface area contributed by atoms with Crippen molar-refractivity contribution in [3.05, 3.63) is 29.8 Å². The highest BCUT2D eigenvalue weighted by molar-refractivity contribution is 5.91. The second kappa shape index (κ2) is 6.68. The van der Waals surface area contributed by atoms with Gasteiger partial charge in [0, 0.05) is 11.7 Å². The van der Waals surface area contributed by atoms with Crippen LogP contribution in [0.25, 0.3) is 0 Å². The van der Waals surface area contributed by atoms with Crippen LogP contribution in [0.3, 0.4) is 0 Å². The maximum atomic E-state index is 11.8. The van der Waals surface area contributed by atoms with Crippen LogP contribution in [0.15, 0.2) is 24.3 Å². The third-order valence-corrected chi connectivity index (χ3v) is 3.42. The molecule has 2 atom stereocenters. The first-order valence-corrected chi connectivity index (χ1v) is 6.87. The van der Waals surface area contributed by atoms with Gasteiger partial charge in [0.2, 0.25) is 5.91 Å². The van der Waals surface area contributed by atoms with Crippen LogP contribution in [0.5, 0.6) is 0 Å². The lowest BCUT2D eigenvalue weighted by Crippen LogP contribution is -2.33. The number of rotatable bonds is 4. The number of benzene rings is 1. The van der Waals surface area contributed by atoms with Crippen LogP contribution in [-0.4, -0.2) is 24.7 Å². The minimum absolute atomic E-state index is 0.103. The standard InChI is InChI=1S/C15H22N2O2/c1-11-4-2-6-13(8-11)17-15(18)10-19-14-7-3-5-12(16)9-14/h2,4,6,8,12,14H,3,5,7,9-10,16H2,1H3,(H,17,18). The Morgan fingerprint density at radius 2 is 2.32 bits per heavy atom. The average Bonchev–Trinajstić information content (AvgIpc) is 2.36. The summed E-state index contributed by atoms with van der Waals surface area (Å²) in [5.41, 5.74) is 7.83. The highest BCUT2D eigenvalue weighted by Crippen LogP contribution is 2.19. The molecule has 1 aromatic rings. The van der Waals surface area contributed by atoms with Gasteiger partial charge in [0.15, 0.2) is 0 Å². The minimum Gasteiger partial charge on any atom is -0.368 e. The number of hydrogen-bond donors (Lipinski definition) is 2. The lowest BCUT2D eigenvalue weighted by Gasteiger charge is -2.26. The molecule has 0 saturated heterocycles. The van der Waals surface area contributed by atoms with Crippen molar-refractivity contribution in [3.8, 4) is 0 Å². The number of ether oxygens (including phenoxy) is 1. The van der Waals surface area contributed by atoms with E-state index in [-0.39, 0.29) is 24.7 Å². The summed E-state index contributed by atoms with van der Waals surface area (Å²) in [4.78, 5) is 11.8. The monoisotopic (exact) mass is 262 g/mol. The Hall–Kier alpha value is -1.39. The smallest absolute Gasteiger partial charge is 0.250 e. The molecule has 3 N–H and O–H groups in total. The Bertz CT molecular complexity index is 434. The van der Waals surface area contributed by atoms with Crippen molar-refractivity contribution in [2.24, 2.45) is 5.73 Å². The van der Waals surface area contributed by atoms with Gasteiger partial charge in [-0.05, 0) is 50.3 Å². The van der Waals surface area contributed by atoms with Crippen molar-refractivity contribution in [2.45, 2.75) is 44.8 Å². The molecule has 4 nitrogen and oxygen atoms in total. The van der Waals surface area contributed by atoms with Gasteiger partial charge in [-0.1, -0.05) is 12.1 Å². The first-order chi connectivity index (χ1) is 9.13. The minimum atomic E-state index is -0.107. The number of anilines is 1. The van der Waals surface area contributed by atoms with Gasteiger partial charge in [-0.3, -0.25) is 4.79 Å². The van der Waals surface area contributed by atoms with E-state index in [1.165, 1.54) is 0 Å². The van der Waals surface area contributed by atoms with E-state index in [2.05, 4.69) is 5.32 Å². The van der Waals surface area contributed by atoms with Crippen molar-refractivity contribution in [1.82, 2.24) is 0 Å². The fourth-order valence-corrected chi connectivity index (χ4v) is 2.45. The summed E-state index contributed by atoms with van der Waals surface area (Å²) in [5, 5.41) is 2.84. The largest absolute Gasteiger partial charge is 0.368 e. The van der Waals surface area contributed by atoms with Crippen LogP contribution in [0.4, 0.5) is 5.69 Å². The topological polar surface area (TPSA) is 64.3 Å². The second-order valence-electron chi connectivity index (χ2n) is 5.28. The highest BCUT2D eigenvalue weighted by atomic mass is 16.5. The summed E-state index contributed by atoms with van der Waals surface area (Å²) in [5.74, 6) is -0.107. The summed E-state index contributed by atoms with van der Waals surface area (Å²) in [6.45, 7) is 2.10. The van der Waals surface area contributed by atoms with Gasteiger partial charge < -0.3 is 15.8 Å².